The van der Waals surface area contributed by atoms with Crippen molar-refractivity contribution in [2.75, 3.05) is 53.4 Å². The van der Waals surface area contributed by atoms with E-state index >= 15 is 0 Å². The van der Waals surface area contributed by atoms with E-state index in [0.717, 1.165) is 38.7 Å². The Morgan fingerprint density at radius 2 is 1.92 bits per heavy atom. The monoisotopic (exact) mass is 343 g/mol. The minimum absolute atomic E-state index is 0.000571. The van der Waals surface area contributed by atoms with E-state index in [0.29, 0.717) is 6.54 Å². The summed E-state index contributed by atoms with van der Waals surface area (Å²) < 4.78 is 0. The van der Waals surface area contributed by atoms with Crippen LogP contribution in [0.4, 0.5) is 0 Å². The van der Waals surface area contributed by atoms with Gasteiger partial charge in [0.15, 0.2) is 5.96 Å². The van der Waals surface area contributed by atoms with Gasteiger partial charge in [0, 0.05) is 53.4 Å². The number of nitrogens with zero attached hydrogens (tertiary/aromatic N) is 4. The van der Waals surface area contributed by atoms with E-state index in [4.69, 9.17) is 0 Å². The van der Waals surface area contributed by atoms with Crippen LogP contribution in [0, 0.1) is 0 Å². The van der Waals surface area contributed by atoms with E-state index in [9.17, 15) is 4.79 Å². The maximum Gasteiger partial charge on any atom is 0.243 e. The number of likely N-dealkylation sites (N-methyl/N-ethyl adjacent to an activating group) is 1. The second-order valence-corrected chi connectivity index (χ2v) is 6.35. The lowest BCUT2D eigenvalue weighted by molar-refractivity contribution is -0.127. The molecule has 0 aliphatic carbocycles. The van der Waals surface area contributed by atoms with Gasteiger partial charge >= 0.3 is 0 Å². The number of piperazine rings is 1. The van der Waals surface area contributed by atoms with Gasteiger partial charge in [-0.2, -0.15) is 0 Å². The molecule has 136 valence electrons. The van der Waals surface area contributed by atoms with Crippen LogP contribution in [0.15, 0.2) is 48.0 Å². The van der Waals surface area contributed by atoms with E-state index < -0.39 is 0 Å². The molecule has 1 fully saturated rings. The summed E-state index contributed by atoms with van der Waals surface area (Å²) in [5.74, 6) is 0.787. The molecule has 6 heteroatoms. The van der Waals surface area contributed by atoms with Crippen LogP contribution in [0.25, 0.3) is 0 Å². The topological polar surface area (TPSA) is 51.2 Å². The van der Waals surface area contributed by atoms with Crippen molar-refractivity contribution in [2.45, 2.75) is 6.54 Å². The summed E-state index contributed by atoms with van der Waals surface area (Å²) in [6.45, 7) is 9.26. The molecule has 1 N–H and O–H groups in total. The molecule has 1 heterocycles. The van der Waals surface area contributed by atoms with Crippen molar-refractivity contribution in [1.29, 1.82) is 0 Å². The second-order valence-electron chi connectivity index (χ2n) is 6.35. The number of carbonyl (C=O) groups excluding carboxylic acids is 1. The number of benzene rings is 1. The third-order valence-electron chi connectivity index (χ3n) is 4.19. The molecule has 0 spiro atoms. The highest BCUT2D eigenvalue weighted by molar-refractivity contribution is 5.85. The fraction of sp³-hybridized carbons (Fsp3) is 0.474. The molecule has 1 aromatic carbocycles. The van der Waals surface area contributed by atoms with Crippen molar-refractivity contribution in [2.24, 2.45) is 4.99 Å². The number of hydrogen-bond acceptors (Lipinski definition) is 3. The van der Waals surface area contributed by atoms with Gasteiger partial charge in [0.1, 0.15) is 6.54 Å². The molecule has 0 bridgehead atoms. The van der Waals surface area contributed by atoms with Crippen molar-refractivity contribution in [3.63, 3.8) is 0 Å². The number of rotatable bonds is 6. The number of guanidine groups is 1. The molecular weight excluding hydrogens is 314 g/mol. The van der Waals surface area contributed by atoms with E-state index in [1.807, 2.05) is 6.07 Å². The van der Waals surface area contributed by atoms with E-state index in [1.165, 1.54) is 5.56 Å². The van der Waals surface area contributed by atoms with Gasteiger partial charge in [0.05, 0.1) is 0 Å². The summed E-state index contributed by atoms with van der Waals surface area (Å²) in [6, 6.07) is 10.5. The van der Waals surface area contributed by atoms with Gasteiger partial charge in [0.2, 0.25) is 5.91 Å². The Morgan fingerprint density at radius 1 is 1.24 bits per heavy atom. The van der Waals surface area contributed by atoms with Gasteiger partial charge in [-0.25, -0.2) is 4.99 Å². The molecule has 1 aliphatic heterocycles. The standard InChI is InChI=1S/C19H29N5O/c1-4-10-20-19(21-15-18(25)22(2)3)24-13-11-23(12-14-24)16-17-8-6-5-7-9-17/h4-9H,1,10-16H2,2-3H3,(H,20,21). The molecular formula is C19H29N5O. The van der Waals surface area contributed by atoms with Crippen molar-refractivity contribution in [1.82, 2.24) is 20.0 Å². The summed E-state index contributed by atoms with van der Waals surface area (Å²) in [6.07, 6.45) is 1.80. The molecule has 1 aromatic rings. The molecule has 2 rings (SSSR count). The predicted molar refractivity (Wildman–Crippen MR) is 102 cm³/mol. The number of nitrogens with one attached hydrogen (secondary N) is 1. The first kappa shape index (κ1) is 19.0. The lowest BCUT2D eigenvalue weighted by Crippen LogP contribution is -2.52. The van der Waals surface area contributed by atoms with Crippen LogP contribution in [-0.4, -0.2) is 79.9 Å². The lowest BCUT2D eigenvalue weighted by atomic mass is 10.2. The molecule has 6 nitrogen and oxygen atoms in total. The Hall–Kier alpha value is -2.34. The molecule has 25 heavy (non-hydrogen) atoms. The highest BCUT2D eigenvalue weighted by atomic mass is 16.2. The average molecular weight is 343 g/mol. The molecule has 0 radical (unpaired) electrons. The maximum absolute atomic E-state index is 11.8. The summed E-state index contributed by atoms with van der Waals surface area (Å²) in [4.78, 5) is 22.5. The van der Waals surface area contributed by atoms with Gasteiger partial charge in [-0.05, 0) is 5.56 Å². The van der Waals surface area contributed by atoms with Gasteiger partial charge in [0.25, 0.3) is 0 Å². The average Bonchev–Trinajstić information content (AvgIpc) is 2.63. The van der Waals surface area contributed by atoms with Crippen LogP contribution in [0.1, 0.15) is 5.56 Å². The van der Waals surface area contributed by atoms with Crippen molar-refractivity contribution in [3.05, 3.63) is 48.6 Å². The Labute approximate surface area is 150 Å². The van der Waals surface area contributed by atoms with Gasteiger partial charge < -0.3 is 15.1 Å². The Morgan fingerprint density at radius 3 is 2.52 bits per heavy atom. The zero-order valence-corrected chi connectivity index (χ0v) is 15.3. The Kier molecular flexibility index (Phi) is 7.47. The lowest BCUT2D eigenvalue weighted by Gasteiger charge is -2.36. The summed E-state index contributed by atoms with van der Waals surface area (Å²) in [7, 11) is 3.49. The fourth-order valence-corrected chi connectivity index (χ4v) is 2.67. The van der Waals surface area contributed by atoms with Gasteiger partial charge in [-0.15, -0.1) is 6.58 Å². The van der Waals surface area contributed by atoms with Crippen molar-refractivity contribution in [3.8, 4) is 0 Å². The second kappa shape index (κ2) is 9.84. The summed E-state index contributed by atoms with van der Waals surface area (Å²) in [5.41, 5.74) is 1.34. The quantitative estimate of drug-likeness (QED) is 0.476. The minimum Gasteiger partial charge on any atom is -0.353 e. The van der Waals surface area contributed by atoms with E-state index in [2.05, 4.69) is 51.0 Å². The minimum atomic E-state index is 0.000571. The maximum atomic E-state index is 11.8. The Balaban J connectivity index is 1.90. The van der Waals surface area contributed by atoms with E-state index in [-0.39, 0.29) is 12.5 Å². The van der Waals surface area contributed by atoms with Crippen LogP contribution >= 0.6 is 0 Å². The molecule has 1 saturated heterocycles. The SMILES string of the molecule is C=CCNC(=NCC(=O)N(C)C)N1CCN(Cc2ccccc2)CC1. The molecule has 0 saturated carbocycles. The van der Waals surface area contributed by atoms with Crippen LogP contribution in [0.3, 0.4) is 0 Å². The highest BCUT2D eigenvalue weighted by Gasteiger charge is 2.20. The van der Waals surface area contributed by atoms with Gasteiger partial charge in [-0.1, -0.05) is 36.4 Å². The number of carbonyl (C=O) groups is 1. The predicted octanol–water partition coefficient (Wildman–Crippen LogP) is 1.02. The zero-order valence-electron chi connectivity index (χ0n) is 15.3. The zero-order chi connectivity index (χ0) is 18.1. The normalized spacial score (nSPS) is 15.8. The third-order valence-corrected chi connectivity index (χ3v) is 4.19. The van der Waals surface area contributed by atoms with Crippen LogP contribution in [0.5, 0.6) is 0 Å². The first-order chi connectivity index (χ1) is 12.1. The summed E-state index contributed by atoms with van der Waals surface area (Å²) >= 11 is 0. The number of amides is 1. The summed E-state index contributed by atoms with van der Waals surface area (Å²) in [5, 5.41) is 3.27. The first-order valence-corrected chi connectivity index (χ1v) is 8.70. The Bertz CT molecular complexity index is 577. The molecule has 1 amide bonds. The number of aliphatic imine (C=N–C) groups is 1. The van der Waals surface area contributed by atoms with Crippen LogP contribution < -0.4 is 5.32 Å². The molecule has 0 unspecified atom stereocenters. The first-order valence-electron chi connectivity index (χ1n) is 8.70. The molecule has 1 aliphatic rings. The van der Waals surface area contributed by atoms with Crippen LogP contribution in [0.2, 0.25) is 0 Å². The largest absolute Gasteiger partial charge is 0.353 e. The van der Waals surface area contributed by atoms with Crippen LogP contribution in [-0.2, 0) is 11.3 Å². The molecule has 0 aromatic heterocycles. The van der Waals surface area contributed by atoms with E-state index in [1.54, 1.807) is 25.1 Å². The van der Waals surface area contributed by atoms with Crippen molar-refractivity contribution < 1.29 is 4.79 Å². The smallest absolute Gasteiger partial charge is 0.243 e. The third kappa shape index (κ3) is 6.23. The fourth-order valence-electron chi connectivity index (χ4n) is 2.67. The molecule has 0 atom stereocenters. The number of hydrogen-bond donors (Lipinski definition) is 1. The van der Waals surface area contributed by atoms with Crippen molar-refractivity contribution >= 4 is 11.9 Å². The van der Waals surface area contributed by atoms with Gasteiger partial charge in [-0.3, -0.25) is 9.69 Å². The highest BCUT2D eigenvalue weighted by Crippen LogP contribution is 2.08.